The molecule has 0 bridgehead atoms. The standard InChI is InChI=1S/C17H17NO2S3.C10H11NS2.C7H7ClO2S.ClH/c1-20-17(19)16-7-6-15(23-16)12-18(10-13-4-2-8-21-13)11-14-5-3-9-22-14;1-3-9(12-5-1)7-11-8-10-4-2-6-13-10;1-10-7(9)6-3-2-5(4-8)11-6;/h2-9H,10-12H2,1H3;1-6,11H,7-8H2;2-3H,4H2,1H3;1H. The molecule has 0 aliphatic carbocycles. The maximum absolute atomic E-state index is 11.6. The lowest BCUT2D eigenvalue weighted by atomic mass is 10.3. The number of hydrogen-bond donors (Lipinski definition) is 1. The van der Waals surface area contributed by atoms with E-state index in [2.05, 4.69) is 85.0 Å². The van der Waals surface area contributed by atoms with Crippen LogP contribution in [-0.2, 0) is 48.1 Å². The molecule has 14 heteroatoms. The van der Waals surface area contributed by atoms with Crippen molar-refractivity contribution in [3.63, 3.8) is 0 Å². The Hall–Kier alpha value is -2.36. The van der Waals surface area contributed by atoms with Gasteiger partial charge in [0.1, 0.15) is 9.75 Å². The van der Waals surface area contributed by atoms with Gasteiger partial charge in [-0.25, -0.2) is 9.59 Å². The predicted molar refractivity (Wildman–Crippen MR) is 209 cm³/mol. The van der Waals surface area contributed by atoms with Crippen LogP contribution in [0.25, 0.3) is 0 Å². The highest BCUT2D eigenvalue weighted by Crippen LogP contribution is 2.24. The van der Waals surface area contributed by atoms with Gasteiger partial charge < -0.3 is 14.8 Å². The van der Waals surface area contributed by atoms with Gasteiger partial charge in [-0.1, -0.05) is 24.3 Å². The summed E-state index contributed by atoms with van der Waals surface area (Å²) in [4.78, 5) is 33.8. The molecular formula is C34H36Cl2N2O4S6. The van der Waals surface area contributed by atoms with Gasteiger partial charge in [0.15, 0.2) is 0 Å². The number of nitrogens with zero attached hydrogens (tertiary/aromatic N) is 1. The van der Waals surface area contributed by atoms with E-state index in [1.54, 1.807) is 51.4 Å². The van der Waals surface area contributed by atoms with Crippen molar-refractivity contribution in [1.29, 1.82) is 0 Å². The van der Waals surface area contributed by atoms with Crippen molar-refractivity contribution < 1.29 is 19.1 Å². The van der Waals surface area contributed by atoms with E-state index in [9.17, 15) is 9.59 Å². The Morgan fingerprint density at radius 3 is 1.38 bits per heavy atom. The van der Waals surface area contributed by atoms with E-state index in [1.807, 2.05) is 18.2 Å². The Morgan fingerprint density at radius 1 is 0.604 bits per heavy atom. The van der Waals surface area contributed by atoms with Gasteiger partial charge in [0, 0.05) is 62.0 Å². The van der Waals surface area contributed by atoms with Gasteiger partial charge in [-0.3, -0.25) is 4.90 Å². The lowest BCUT2D eigenvalue weighted by Crippen LogP contribution is -2.20. The molecule has 1 N–H and O–H groups in total. The third-order valence-electron chi connectivity index (χ3n) is 6.29. The number of esters is 2. The van der Waals surface area contributed by atoms with E-state index in [0.29, 0.717) is 15.6 Å². The number of thiophene rings is 6. The van der Waals surface area contributed by atoms with E-state index in [-0.39, 0.29) is 24.3 Å². The SMILES string of the molecule is COC(=O)c1ccc(CCl)s1.COC(=O)c1ccc(CN(Cc2cccs2)Cc2cccs2)s1.Cl.c1csc(CNCc2cccs2)c1. The summed E-state index contributed by atoms with van der Waals surface area (Å²) >= 11 is 15.6. The van der Waals surface area contributed by atoms with Crippen LogP contribution in [0.4, 0.5) is 0 Å². The van der Waals surface area contributed by atoms with Crippen LogP contribution < -0.4 is 5.32 Å². The van der Waals surface area contributed by atoms with Gasteiger partial charge in [-0.05, 0) is 70.1 Å². The molecule has 0 saturated heterocycles. The molecule has 256 valence electrons. The van der Waals surface area contributed by atoms with Gasteiger partial charge in [-0.2, -0.15) is 0 Å². The monoisotopic (exact) mass is 798 g/mol. The van der Waals surface area contributed by atoms with E-state index in [4.69, 9.17) is 16.3 Å². The predicted octanol–water partition coefficient (Wildman–Crippen LogP) is 10.7. The lowest BCUT2D eigenvalue weighted by Gasteiger charge is -2.20. The highest BCUT2D eigenvalue weighted by molar-refractivity contribution is 7.14. The van der Waals surface area contributed by atoms with Crippen molar-refractivity contribution in [3.05, 3.63) is 133 Å². The molecule has 0 aliphatic heterocycles. The quantitative estimate of drug-likeness (QED) is 0.0927. The molecular weight excluding hydrogens is 764 g/mol. The number of rotatable bonds is 13. The Balaban J connectivity index is 0.000000212. The zero-order valence-electron chi connectivity index (χ0n) is 26.3. The van der Waals surface area contributed by atoms with Gasteiger partial charge in [0.25, 0.3) is 0 Å². The number of carbonyl (C=O) groups excluding carboxylic acids is 2. The van der Waals surface area contributed by atoms with Crippen LogP contribution in [-0.4, -0.2) is 31.1 Å². The molecule has 0 aromatic carbocycles. The Kier molecular flexibility index (Phi) is 18.7. The summed E-state index contributed by atoms with van der Waals surface area (Å²) in [6, 6.07) is 24.4. The molecule has 0 atom stereocenters. The largest absolute Gasteiger partial charge is 0.465 e. The number of nitrogens with one attached hydrogen (secondary N) is 1. The lowest BCUT2D eigenvalue weighted by molar-refractivity contribution is 0.0597. The average Bonchev–Trinajstić information content (AvgIpc) is 3.93. The normalized spacial score (nSPS) is 10.3. The van der Waals surface area contributed by atoms with Crippen molar-refractivity contribution in [2.24, 2.45) is 0 Å². The summed E-state index contributed by atoms with van der Waals surface area (Å²) < 4.78 is 9.31. The third-order valence-corrected chi connectivity index (χ3v) is 12.3. The van der Waals surface area contributed by atoms with Crippen LogP contribution in [0.1, 0.15) is 48.6 Å². The van der Waals surface area contributed by atoms with Crippen LogP contribution in [0.5, 0.6) is 0 Å². The number of alkyl halides is 1. The zero-order valence-corrected chi connectivity index (χ0v) is 32.8. The molecule has 0 fully saturated rings. The zero-order chi connectivity index (χ0) is 33.3. The second-order valence-corrected chi connectivity index (χ2v) is 16.4. The molecule has 6 heterocycles. The molecule has 0 radical (unpaired) electrons. The maximum atomic E-state index is 11.6. The second-order valence-electron chi connectivity index (χ2n) is 9.71. The molecule has 0 unspecified atom stereocenters. The van der Waals surface area contributed by atoms with Crippen molar-refractivity contribution in [1.82, 2.24) is 10.2 Å². The molecule has 0 aliphatic rings. The van der Waals surface area contributed by atoms with Gasteiger partial charge in [0.2, 0.25) is 0 Å². The summed E-state index contributed by atoms with van der Waals surface area (Å²) in [5.74, 6) is -0.113. The van der Waals surface area contributed by atoms with Crippen LogP contribution in [0.15, 0.2) is 94.3 Å². The fourth-order valence-electron chi connectivity index (χ4n) is 4.10. The van der Waals surface area contributed by atoms with Crippen molar-refractivity contribution in [2.75, 3.05) is 14.2 Å². The number of ether oxygens (including phenoxy) is 2. The summed E-state index contributed by atoms with van der Waals surface area (Å²) in [6.07, 6.45) is 0. The van der Waals surface area contributed by atoms with E-state index < -0.39 is 0 Å². The molecule has 6 nitrogen and oxygen atoms in total. The van der Waals surface area contributed by atoms with Gasteiger partial charge in [0.05, 0.1) is 20.1 Å². The number of carbonyl (C=O) groups is 2. The summed E-state index contributed by atoms with van der Waals surface area (Å²) in [6.45, 7) is 4.63. The minimum Gasteiger partial charge on any atom is -0.465 e. The smallest absolute Gasteiger partial charge is 0.348 e. The van der Waals surface area contributed by atoms with Crippen LogP contribution in [0.3, 0.4) is 0 Å². The molecule has 0 spiro atoms. The van der Waals surface area contributed by atoms with Crippen molar-refractivity contribution in [2.45, 2.75) is 38.6 Å². The number of methoxy groups -OCH3 is 2. The van der Waals surface area contributed by atoms with Crippen molar-refractivity contribution >= 4 is 104 Å². The van der Waals surface area contributed by atoms with Crippen LogP contribution in [0, 0.1) is 0 Å². The Labute approximate surface area is 317 Å². The molecule has 6 rings (SSSR count). The van der Waals surface area contributed by atoms with Crippen LogP contribution in [0.2, 0.25) is 0 Å². The van der Waals surface area contributed by atoms with E-state index in [1.165, 1.54) is 61.3 Å². The summed E-state index contributed by atoms with van der Waals surface area (Å²) in [5, 5.41) is 11.9. The first-order valence-corrected chi connectivity index (χ1v) is 20.1. The van der Waals surface area contributed by atoms with Crippen LogP contribution >= 0.6 is 92.0 Å². The first-order chi connectivity index (χ1) is 23.0. The van der Waals surface area contributed by atoms with E-state index in [0.717, 1.165) is 37.6 Å². The molecule has 48 heavy (non-hydrogen) atoms. The first kappa shape index (κ1) is 40.1. The Morgan fingerprint density at radius 2 is 1.00 bits per heavy atom. The Bertz CT molecular complexity index is 1630. The van der Waals surface area contributed by atoms with Gasteiger partial charge >= 0.3 is 11.9 Å². The first-order valence-electron chi connectivity index (χ1n) is 14.4. The minimum absolute atomic E-state index is 0. The van der Waals surface area contributed by atoms with Gasteiger partial charge in [-0.15, -0.1) is 92.0 Å². The average molecular weight is 800 g/mol. The highest BCUT2D eigenvalue weighted by Gasteiger charge is 2.14. The number of halogens is 2. The van der Waals surface area contributed by atoms with Crippen molar-refractivity contribution in [3.8, 4) is 0 Å². The second kappa shape index (κ2) is 22.4. The highest BCUT2D eigenvalue weighted by atomic mass is 35.5. The minimum atomic E-state index is -0.300. The van der Waals surface area contributed by atoms with E-state index >= 15 is 0 Å². The third kappa shape index (κ3) is 13.9. The maximum Gasteiger partial charge on any atom is 0.348 e. The summed E-state index contributed by atoms with van der Waals surface area (Å²) in [7, 11) is 2.78. The molecule has 0 saturated carbocycles. The number of hydrogen-bond acceptors (Lipinski definition) is 12. The fraction of sp³-hybridized carbons (Fsp3) is 0.235. The molecule has 0 amide bonds. The molecule has 6 aromatic rings. The topological polar surface area (TPSA) is 67.9 Å². The molecule has 6 aromatic heterocycles. The fourth-order valence-corrected chi connectivity index (χ4v) is 8.94. The summed E-state index contributed by atoms with van der Waals surface area (Å²) in [5.41, 5.74) is 0.